The molecule has 0 radical (unpaired) electrons. The lowest BCUT2D eigenvalue weighted by Gasteiger charge is -2.30. The van der Waals surface area contributed by atoms with Crippen LogP contribution in [0.3, 0.4) is 0 Å². The molecule has 55 heavy (non-hydrogen) atoms. The zero-order chi connectivity index (χ0) is 36.3. The summed E-state index contributed by atoms with van der Waals surface area (Å²) in [6.45, 7) is 0. The Morgan fingerprint density at radius 1 is 0.382 bits per heavy atom. The third kappa shape index (κ3) is 5.05. The minimum absolute atomic E-state index is 0.887. The Morgan fingerprint density at radius 3 is 1.76 bits per heavy atom. The third-order valence-corrected chi connectivity index (χ3v) is 11.0. The SMILES string of the molecule is c1ccc(N(c2ccc(-c3ccc4ccccc4c3)cc2)c2ccccc2-n2c3ccccc3c3ccccc32)c(-c2cccc3c2oc2ccccc23)c1. The van der Waals surface area contributed by atoms with Gasteiger partial charge in [-0.15, -0.1) is 0 Å². The minimum Gasteiger partial charge on any atom is -0.455 e. The van der Waals surface area contributed by atoms with E-state index in [4.69, 9.17) is 4.42 Å². The maximum absolute atomic E-state index is 6.64. The van der Waals surface area contributed by atoms with Crippen molar-refractivity contribution in [1.82, 2.24) is 4.57 Å². The molecule has 0 saturated carbocycles. The third-order valence-electron chi connectivity index (χ3n) is 11.0. The van der Waals surface area contributed by atoms with Crippen molar-refractivity contribution < 1.29 is 4.42 Å². The molecular formula is C52H34N2O. The van der Waals surface area contributed by atoms with Crippen molar-refractivity contribution in [1.29, 1.82) is 0 Å². The molecule has 0 saturated heterocycles. The largest absolute Gasteiger partial charge is 0.455 e. The van der Waals surface area contributed by atoms with Crippen molar-refractivity contribution in [3.63, 3.8) is 0 Å². The van der Waals surface area contributed by atoms with E-state index < -0.39 is 0 Å². The number of furan rings is 1. The number of anilines is 3. The van der Waals surface area contributed by atoms with Crippen LogP contribution < -0.4 is 4.90 Å². The molecule has 9 aromatic carbocycles. The number of fused-ring (bicyclic) bond motifs is 7. The summed E-state index contributed by atoms with van der Waals surface area (Å²) in [5.41, 5.74) is 12.9. The Balaban J connectivity index is 1.16. The van der Waals surface area contributed by atoms with E-state index in [0.717, 1.165) is 55.8 Å². The molecule has 0 aliphatic carbocycles. The van der Waals surface area contributed by atoms with Gasteiger partial charge < -0.3 is 13.9 Å². The van der Waals surface area contributed by atoms with Gasteiger partial charge in [-0.3, -0.25) is 0 Å². The second kappa shape index (κ2) is 12.6. The highest BCUT2D eigenvalue weighted by Gasteiger charge is 2.24. The predicted molar refractivity (Wildman–Crippen MR) is 231 cm³/mol. The van der Waals surface area contributed by atoms with Gasteiger partial charge in [0.15, 0.2) is 0 Å². The number of hydrogen-bond acceptors (Lipinski definition) is 2. The van der Waals surface area contributed by atoms with Gasteiger partial charge in [-0.1, -0.05) is 152 Å². The highest BCUT2D eigenvalue weighted by atomic mass is 16.3. The number of para-hydroxylation sites is 7. The summed E-state index contributed by atoms with van der Waals surface area (Å²) in [5, 5.41) is 7.17. The Bertz CT molecular complexity index is 3170. The van der Waals surface area contributed by atoms with E-state index in [1.807, 2.05) is 6.07 Å². The summed E-state index contributed by atoms with van der Waals surface area (Å²) in [6.07, 6.45) is 0. The van der Waals surface area contributed by atoms with E-state index >= 15 is 0 Å². The highest BCUT2D eigenvalue weighted by Crippen LogP contribution is 2.47. The molecule has 2 aromatic heterocycles. The van der Waals surface area contributed by atoms with Gasteiger partial charge in [0.2, 0.25) is 0 Å². The molecule has 11 aromatic rings. The van der Waals surface area contributed by atoms with Crippen molar-refractivity contribution in [3.05, 3.63) is 206 Å². The summed E-state index contributed by atoms with van der Waals surface area (Å²) in [6, 6.07) is 74.0. The van der Waals surface area contributed by atoms with E-state index in [1.165, 1.54) is 43.7 Å². The van der Waals surface area contributed by atoms with E-state index in [9.17, 15) is 0 Å². The molecule has 258 valence electrons. The monoisotopic (exact) mass is 702 g/mol. The van der Waals surface area contributed by atoms with Crippen molar-refractivity contribution in [3.8, 4) is 27.9 Å². The fraction of sp³-hybridized carbons (Fsp3) is 0. The van der Waals surface area contributed by atoms with E-state index in [1.54, 1.807) is 0 Å². The fourth-order valence-corrected chi connectivity index (χ4v) is 8.46. The topological polar surface area (TPSA) is 21.3 Å². The molecule has 0 bridgehead atoms. The Morgan fingerprint density at radius 2 is 0.964 bits per heavy atom. The number of hydrogen-bond donors (Lipinski definition) is 0. The number of aromatic nitrogens is 1. The molecule has 0 aliphatic heterocycles. The molecule has 2 heterocycles. The van der Waals surface area contributed by atoms with Crippen LogP contribution in [0.1, 0.15) is 0 Å². The van der Waals surface area contributed by atoms with E-state index in [0.29, 0.717) is 0 Å². The normalized spacial score (nSPS) is 11.6. The van der Waals surface area contributed by atoms with Crippen LogP contribution >= 0.6 is 0 Å². The van der Waals surface area contributed by atoms with Gasteiger partial charge in [-0.2, -0.15) is 0 Å². The predicted octanol–water partition coefficient (Wildman–Crippen LogP) is 14.6. The van der Waals surface area contributed by atoms with Crippen LogP contribution in [-0.4, -0.2) is 4.57 Å². The second-order valence-corrected chi connectivity index (χ2v) is 14.1. The van der Waals surface area contributed by atoms with Crippen molar-refractivity contribution in [2.45, 2.75) is 0 Å². The van der Waals surface area contributed by atoms with Crippen LogP contribution in [-0.2, 0) is 0 Å². The summed E-state index contributed by atoms with van der Waals surface area (Å²) < 4.78 is 9.05. The van der Waals surface area contributed by atoms with Crippen LogP contribution in [0.15, 0.2) is 211 Å². The number of rotatable bonds is 6. The molecule has 0 N–H and O–H groups in total. The lowest BCUT2D eigenvalue weighted by molar-refractivity contribution is 0.670. The van der Waals surface area contributed by atoms with Crippen LogP contribution in [0.4, 0.5) is 17.1 Å². The van der Waals surface area contributed by atoms with Gasteiger partial charge in [0.05, 0.1) is 28.1 Å². The average molecular weight is 703 g/mol. The molecule has 0 fully saturated rings. The zero-order valence-corrected chi connectivity index (χ0v) is 29.9. The first-order valence-electron chi connectivity index (χ1n) is 18.8. The minimum atomic E-state index is 0.887. The molecule has 11 rings (SSSR count). The number of benzene rings is 9. The van der Waals surface area contributed by atoms with Crippen LogP contribution in [0.2, 0.25) is 0 Å². The first kappa shape index (κ1) is 31.2. The van der Waals surface area contributed by atoms with Crippen molar-refractivity contribution in [2.24, 2.45) is 0 Å². The molecule has 0 amide bonds. The number of nitrogens with zero attached hydrogens (tertiary/aromatic N) is 2. The zero-order valence-electron chi connectivity index (χ0n) is 29.9. The Kier molecular flexibility index (Phi) is 7.17. The molecular weight excluding hydrogens is 669 g/mol. The maximum Gasteiger partial charge on any atom is 0.143 e. The first-order valence-corrected chi connectivity index (χ1v) is 18.8. The first-order chi connectivity index (χ1) is 27.3. The quantitative estimate of drug-likeness (QED) is 0.172. The Labute approximate surface area is 318 Å². The smallest absolute Gasteiger partial charge is 0.143 e. The second-order valence-electron chi connectivity index (χ2n) is 14.1. The molecule has 0 unspecified atom stereocenters. The molecule has 0 atom stereocenters. The molecule has 0 aliphatic rings. The van der Waals surface area contributed by atoms with Crippen molar-refractivity contribution >= 4 is 71.6 Å². The summed E-state index contributed by atoms with van der Waals surface area (Å²) in [4.78, 5) is 2.42. The van der Waals surface area contributed by atoms with Crippen molar-refractivity contribution in [2.75, 3.05) is 4.90 Å². The summed E-state index contributed by atoms with van der Waals surface area (Å²) in [7, 11) is 0. The van der Waals surface area contributed by atoms with Gasteiger partial charge in [-0.05, 0) is 76.5 Å². The standard InChI is InChI=1S/C52H34N2O/c1-2-15-37-34-38(29-28-35(37)14-1)36-30-32-39(33-31-36)53(46-22-7-5-18-42(46)44-20-13-21-45-43-19-6-12-27-51(43)55-52(44)45)49-25-10-11-26-50(49)54-47-23-8-3-16-40(47)41-17-4-9-24-48(41)54/h1-34H. The maximum atomic E-state index is 6.64. The van der Waals surface area contributed by atoms with Crippen LogP contribution in [0.25, 0.3) is 82.5 Å². The van der Waals surface area contributed by atoms with Gasteiger partial charge in [0.1, 0.15) is 11.2 Å². The van der Waals surface area contributed by atoms with Crippen LogP contribution in [0.5, 0.6) is 0 Å². The fourth-order valence-electron chi connectivity index (χ4n) is 8.46. The lowest BCUT2D eigenvalue weighted by atomic mass is 9.98. The average Bonchev–Trinajstić information content (AvgIpc) is 3.80. The molecule has 0 spiro atoms. The summed E-state index contributed by atoms with van der Waals surface area (Å²) in [5.74, 6) is 0. The van der Waals surface area contributed by atoms with Gasteiger partial charge in [0, 0.05) is 38.4 Å². The van der Waals surface area contributed by atoms with E-state index in [-0.39, 0.29) is 0 Å². The van der Waals surface area contributed by atoms with Gasteiger partial charge >= 0.3 is 0 Å². The Hall–Kier alpha value is -7.36. The van der Waals surface area contributed by atoms with Gasteiger partial charge in [-0.25, -0.2) is 0 Å². The van der Waals surface area contributed by atoms with Gasteiger partial charge in [0.25, 0.3) is 0 Å². The van der Waals surface area contributed by atoms with Crippen LogP contribution in [0, 0.1) is 0 Å². The molecule has 3 heteroatoms. The molecule has 3 nitrogen and oxygen atoms in total. The highest BCUT2D eigenvalue weighted by molar-refractivity contribution is 6.12. The van der Waals surface area contributed by atoms with E-state index in [2.05, 4.69) is 210 Å². The summed E-state index contributed by atoms with van der Waals surface area (Å²) >= 11 is 0. The lowest BCUT2D eigenvalue weighted by Crippen LogP contribution is -2.14.